The molecule has 1 atom stereocenters. The molecule has 1 aromatic carbocycles. The van der Waals surface area contributed by atoms with Crippen molar-refractivity contribution in [3.63, 3.8) is 0 Å². The summed E-state index contributed by atoms with van der Waals surface area (Å²) in [5.74, 6) is 0.0500. The van der Waals surface area contributed by atoms with Gasteiger partial charge in [0.2, 0.25) is 0 Å². The number of benzene rings is 1. The zero-order valence-corrected chi connectivity index (χ0v) is 18.1. The Morgan fingerprint density at radius 1 is 1.27 bits per heavy atom. The molecule has 0 radical (unpaired) electrons. The molecule has 30 heavy (non-hydrogen) atoms. The molecule has 1 fully saturated rings. The molecule has 1 amide bonds. The Morgan fingerprint density at radius 2 is 2.03 bits per heavy atom. The summed E-state index contributed by atoms with van der Waals surface area (Å²) in [7, 11) is -3.07. The molecule has 2 aromatic heterocycles. The molecule has 3 aromatic rings. The molecule has 1 aliphatic rings. The van der Waals surface area contributed by atoms with Crippen molar-refractivity contribution in [2.75, 3.05) is 18.1 Å². The first-order valence-corrected chi connectivity index (χ1v) is 12.2. The number of amides is 1. The van der Waals surface area contributed by atoms with Crippen molar-refractivity contribution in [2.24, 2.45) is 0 Å². The number of carbonyl (C=O) groups is 1. The van der Waals surface area contributed by atoms with E-state index in [0.717, 1.165) is 18.4 Å². The van der Waals surface area contributed by atoms with Crippen LogP contribution in [0.25, 0.3) is 22.3 Å². The van der Waals surface area contributed by atoms with Crippen LogP contribution in [0.4, 0.5) is 0 Å². The Bertz CT molecular complexity index is 1190. The summed E-state index contributed by atoms with van der Waals surface area (Å²) in [6.45, 7) is 4.52. The molecule has 0 spiro atoms. The van der Waals surface area contributed by atoms with E-state index in [0.29, 0.717) is 41.0 Å². The van der Waals surface area contributed by atoms with E-state index in [2.05, 4.69) is 17.3 Å². The van der Waals surface area contributed by atoms with Gasteiger partial charge in [0.05, 0.1) is 39.9 Å². The van der Waals surface area contributed by atoms with E-state index in [1.165, 1.54) is 0 Å². The SMILES string of the molecule is CCCCNC(=O)c1cc(-c2ccccc2)nc2c1c(C)nn2C1CCS(=O)(=O)C1. The highest BCUT2D eigenvalue weighted by molar-refractivity contribution is 7.91. The summed E-state index contributed by atoms with van der Waals surface area (Å²) in [6.07, 6.45) is 2.41. The van der Waals surface area contributed by atoms with Crippen LogP contribution in [0.5, 0.6) is 0 Å². The third-order valence-corrected chi connectivity index (χ3v) is 7.27. The number of aromatic nitrogens is 3. The largest absolute Gasteiger partial charge is 0.352 e. The van der Waals surface area contributed by atoms with E-state index >= 15 is 0 Å². The van der Waals surface area contributed by atoms with Crippen LogP contribution >= 0.6 is 0 Å². The molecule has 0 bridgehead atoms. The Labute approximate surface area is 176 Å². The van der Waals surface area contributed by atoms with Gasteiger partial charge in [0, 0.05) is 12.1 Å². The zero-order chi connectivity index (χ0) is 21.3. The van der Waals surface area contributed by atoms with Gasteiger partial charge in [-0.05, 0) is 25.8 Å². The Morgan fingerprint density at radius 3 is 2.70 bits per heavy atom. The molecule has 158 valence electrons. The van der Waals surface area contributed by atoms with E-state index in [1.54, 1.807) is 4.68 Å². The number of hydrogen-bond acceptors (Lipinski definition) is 5. The first-order valence-electron chi connectivity index (χ1n) is 10.3. The average molecular weight is 427 g/mol. The second kappa shape index (κ2) is 8.18. The van der Waals surface area contributed by atoms with Crippen molar-refractivity contribution in [3.05, 3.63) is 47.7 Å². The molecule has 1 unspecified atom stereocenters. The standard InChI is InChI=1S/C22H26N4O3S/c1-3-4-11-23-22(27)18-13-19(16-8-6-5-7-9-16)24-21-20(18)15(2)25-26(21)17-10-12-30(28,29)14-17/h5-9,13,17H,3-4,10-12,14H2,1-2H3,(H,23,27). The number of aryl methyl sites for hydroxylation is 1. The van der Waals surface area contributed by atoms with Gasteiger partial charge in [-0.3, -0.25) is 4.79 Å². The first-order chi connectivity index (χ1) is 14.4. The summed E-state index contributed by atoms with van der Waals surface area (Å²) < 4.78 is 25.8. The number of pyridine rings is 1. The van der Waals surface area contributed by atoms with E-state index in [-0.39, 0.29) is 23.5 Å². The fourth-order valence-corrected chi connectivity index (χ4v) is 5.64. The lowest BCUT2D eigenvalue weighted by Gasteiger charge is -2.12. The van der Waals surface area contributed by atoms with Crippen LogP contribution in [-0.2, 0) is 9.84 Å². The van der Waals surface area contributed by atoms with Crippen LogP contribution in [-0.4, -0.2) is 47.1 Å². The third kappa shape index (κ3) is 3.96. The third-order valence-electron chi connectivity index (χ3n) is 5.52. The number of nitrogens with zero attached hydrogens (tertiary/aromatic N) is 3. The van der Waals surface area contributed by atoms with Crippen LogP contribution < -0.4 is 5.32 Å². The van der Waals surface area contributed by atoms with E-state index in [9.17, 15) is 13.2 Å². The predicted molar refractivity (Wildman–Crippen MR) is 117 cm³/mol. The lowest BCUT2D eigenvalue weighted by atomic mass is 10.0. The van der Waals surface area contributed by atoms with Gasteiger partial charge in [0.15, 0.2) is 15.5 Å². The van der Waals surface area contributed by atoms with Crippen LogP contribution in [0.2, 0.25) is 0 Å². The lowest BCUT2D eigenvalue weighted by molar-refractivity contribution is 0.0954. The quantitative estimate of drug-likeness (QED) is 0.611. The van der Waals surface area contributed by atoms with Crippen LogP contribution in [0, 0.1) is 6.92 Å². The molecule has 1 aliphatic heterocycles. The molecule has 1 saturated heterocycles. The van der Waals surface area contributed by atoms with Gasteiger partial charge in [0.25, 0.3) is 5.91 Å². The maximum atomic E-state index is 13.0. The molecule has 0 aliphatic carbocycles. The average Bonchev–Trinajstić information content (AvgIpc) is 3.27. The van der Waals surface area contributed by atoms with Crippen molar-refractivity contribution in [1.29, 1.82) is 0 Å². The smallest absolute Gasteiger partial charge is 0.252 e. The Hall–Kier alpha value is -2.74. The molecule has 4 rings (SSSR count). The predicted octanol–water partition coefficient (Wildman–Crippen LogP) is 3.30. The van der Waals surface area contributed by atoms with Gasteiger partial charge >= 0.3 is 0 Å². The Kier molecular flexibility index (Phi) is 5.60. The normalized spacial score (nSPS) is 18.0. The monoisotopic (exact) mass is 426 g/mol. The first kappa shape index (κ1) is 20.5. The van der Waals surface area contributed by atoms with Crippen LogP contribution in [0.1, 0.15) is 48.3 Å². The highest BCUT2D eigenvalue weighted by atomic mass is 32.2. The van der Waals surface area contributed by atoms with E-state index in [1.807, 2.05) is 43.3 Å². The van der Waals surface area contributed by atoms with Gasteiger partial charge in [-0.2, -0.15) is 5.10 Å². The summed E-state index contributed by atoms with van der Waals surface area (Å²) >= 11 is 0. The van der Waals surface area contributed by atoms with Crippen molar-refractivity contribution in [2.45, 2.75) is 39.2 Å². The summed E-state index contributed by atoms with van der Waals surface area (Å²) in [6, 6.07) is 11.2. The molecule has 3 heterocycles. The maximum absolute atomic E-state index is 13.0. The molecular formula is C22H26N4O3S. The van der Waals surface area contributed by atoms with Gasteiger partial charge in [-0.25, -0.2) is 18.1 Å². The van der Waals surface area contributed by atoms with E-state index in [4.69, 9.17) is 4.98 Å². The summed E-state index contributed by atoms with van der Waals surface area (Å²) in [5, 5.41) is 8.30. The minimum absolute atomic E-state index is 0.0541. The second-order valence-electron chi connectivity index (χ2n) is 7.82. The lowest BCUT2D eigenvalue weighted by Crippen LogP contribution is -2.25. The highest BCUT2D eigenvalue weighted by Gasteiger charge is 2.32. The molecule has 8 heteroatoms. The van der Waals surface area contributed by atoms with Gasteiger partial charge in [-0.15, -0.1) is 0 Å². The number of rotatable bonds is 6. The van der Waals surface area contributed by atoms with Crippen molar-refractivity contribution < 1.29 is 13.2 Å². The summed E-state index contributed by atoms with van der Waals surface area (Å²) in [5.41, 5.74) is 3.34. The van der Waals surface area contributed by atoms with Crippen LogP contribution in [0.15, 0.2) is 36.4 Å². The second-order valence-corrected chi connectivity index (χ2v) is 10.0. The number of fused-ring (bicyclic) bond motifs is 1. The summed E-state index contributed by atoms with van der Waals surface area (Å²) in [4.78, 5) is 17.9. The minimum Gasteiger partial charge on any atom is -0.352 e. The van der Waals surface area contributed by atoms with Gasteiger partial charge in [0.1, 0.15) is 0 Å². The maximum Gasteiger partial charge on any atom is 0.252 e. The van der Waals surface area contributed by atoms with E-state index < -0.39 is 9.84 Å². The number of nitrogens with one attached hydrogen (secondary N) is 1. The van der Waals surface area contributed by atoms with Crippen LogP contribution in [0.3, 0.4) is 0 Å². The van der Waals surface area contributed by atoms with Crippen molar-refractivity contribution in [1.82, 2.24) is 20.1 Å². The Balaban J connectivity index is 1.87. The molecular weight excluding hydrogens is 400 g/mol. The minimum atomic E-state index is -3.07. The van der Waals surface area contributed by atoms with Gasteiger partial charge in [-0.1, -0.05) is 43.7 Å². The number of unbranched alkanes of at least 4 members (excludes halogenated alkanes) is 1. The molecule has 0 saturated carbocycles. The van der Waals surface area contributed by atoms with Gasteiger partial charge < -0.3 is 5.32 Å². The number of sulfone groups is 1. The fraction of sp³-hybridized carbons (Fsp3) is 0.409. The fourth-order valence-electron chi connectivity index (χ4n) is 3.95. The number of carbonyl (C=O) groups excluding carboxylic acids is 1. The van der Waals surface area contributed by atoms with Crippen molar-refractivity contribution >= 4 is 26.8 Å². The molecule has 1 N–H and O–H groups in total. The van der Waals surface area contributed by atoms with Crippen molar-refractivity contribution in [3.8, 4) is 11.3 Å². The highest BCUT2D eigenvalue weighted by Crippen LogP contribution is 2.32. The zero-order valence-electron chi connectivity index (χ0n) is 17.3. The number of hydrogen-bond donors (Lipinski definition) is 1. The molecule has 7 nitrogen and oxygen atoms in total. The topological polar surface area (TPSA) is 93.9 Å².